The number of aliphatic hydroxyl groups is 1. The average molecular weight is 252 g/mol. The van der Waals surface area contributed by atoms with Crippen LogP contribution >= 0.6 is 0 Å². The maximum absolute atomic E-state index is 10.3. The Morgan fingerprint density at radius 1 is 1.00 bits per heavy atom. The van der Waals surface area contributed by atoms with E-state index in [2.05, 4.69) is 20.8 Å². The molecule has 2 saturated carbocycles. The van der Waals surface area contributed by atoms with Crippen molar-refractivity contribution in [1.82, 2.24) is 0 Å². The fourth-order valence-electron chi connectivity index (χ4n) is 4.36. The molecule has 0 aliphatic heterocycles. The maximum atomic E-state index is 10.3. The highest BCUT2D eigenvalue weighted by molar-refractivity contribution is 4.87. The van der Waals surface area contributed by atoms with Crippen molar-refractivity contribution in [2.45, 2.75) is 78.2 Å². The van der Waals surface area contributed by atoms with E-state index in [0.29, 0.717) is 5.92 Å². The van der Waals surface area contributed by atoms with Crippen LogP contribution in [0.2, 0.25) is 0 Å². The van der Waals surface area contributed by atoms with Crippen molar-refractivity contribution in [1.29, 1.82) is 0 Å². The van der Waals surface area contributed by atoms with E-state index in [1.54, 1.807) is 0 Å². The van der Waals surface area contributed by atoms with Gasteiger partial charge in [-0.1, -0.05) is 40.0 Å². The molecule has 2 rings (SSSR count). The van der Waals surface area contributed by atoms with E-state index in [1.807, 2.05) is 0 Å². The first-order valence-electron chi connectivity index (χ1n) is 8.29. The minimum Gasteiger partial charge on any atom is -0.393 e. The second-order valence-corrected chi connectivity index (χ2v) is 7.24. The van der Waals surface area contributed by atoms with E-state index in [9.17, 15) is 5.11 Å². The fraction of sp³-hybridized carbons (Fsp3) is 1.00. The zero-order valence-corrected chi connectivity index (χ0v) is 12.6. The van der Waals surface area contributed by atoms with Gasteiger partial charge in [0.15, 0.2) is 0 Å². The molecule has 0 spiro atoms. The van der Waals surface area contributed by atoms with E-state index in [4.69, 9.17) is 0 Å². The molecule has 18 heavy (non-hydrogen) atoms. The molecule has 3 atom stereocenters. The van der Waals surface area contributed by atoms with Crippen LogP contribution in [0.4, 0.5) is 0 Å². The number of aliphatic hydroxyl groups excluding tert-OH is 1. The van der Waals surface area contributed by atoms with Gasteiger partial charge in [-0.25, -0.2) is 0 Å². The van der Waals surface area contributed by atoms with Gasteiger partial charge in [-0.15, -0.1) is 0 Å². The lowest BCUT2D eigenvalue weighted by Crippen LogP contribution is -2.37. The monoisotopic (exact) mass is 252 g/mol. The molecule has 1 heteroatoms. The van der Waals surface area contributed by atoms with Gasteiger partial charge in [0, 0.05) is 0 Å². The molecule has 1 N–H and O–H groups in total. The molecular weight excluding hydrogens is 220 g/mol. The lowest BCUT2D eigenvalue weighted by molar-refractivity contribution is -0.00557. The number of rotatable bonds is 3. The van der Waals surface area contributed by atoms with Crippen LogP contribution in [-0.4, -0.2) is 11.2 Å². The normalized spacial score (nSPS) is 42.2. The van der Waals surface area contributed by atoms with Gasteiger partial charge >= 0.3 is 0 Å². The SMILES string of the molecule is CCC1CCC(C2CC(C(C)C)CCC2O)CC1. The highest BCUT2D eigenvalue weighted by atomic mass is 16.3. The molecule has 0 heterocycles. The maximum Gasteiger partial charge on any atom is 0.0571 e. The average Bonchev–Trinajstić information content (AvgIpc) is 2.39. The first kappa shape index (κ1) is 14.4. The summed E-state index contributed by atoms with van der Waals surface area (Å²) in [6, 6.07) is 0. The zero-order chi connectivity index (χ0) is 13.1. The van der Waals surface area contributed by atoms with Crippen LogP contribution in [-0.2, 0) is 0 Å². The Morgan fingerprint density at radius 2 is 1.67 bits per heavy atom. The van der Waals surface area contributed by atoms with Crippen LogP contribution in [0, 0.1) is 29.6 Å². The molecule has 106 valence electrons. The summed E-state index contributed by atoms with van der Waals surface area (Å²) in [5.41, 5.74) is 0. The lowest BCUT2D eigenvalue weighted by atomic mass is 9.65. The molecule has 2 aliphatic rings. The van der Waals surface area contributed by atoms with Gasteiger partial charge in [0.25, 0.3) is 0 Å². The van der Waals surface area contributed by atoms with E-state index in [-0.39, 0.29) is 6.10 Å². The first-order valence-corrected chi connectivity index (χ1v) is 8.29. The summed E-state index contributed by atoms with van der Waals surface area (Å²) in [6.07, 6.45) is 10.5. The van der Waals surface area contributed by atoms with E-state index >= 15 is 0 Å². The minimum absolute atomic E-state index is 0.00294. The van der Waals surface area contributed by atoms with Crippen molar-refractivity contribution in [3.05, 3.63) is 0 Å². The zero-order valence-electron chi connectivity index (χ0n) is 12.6. The van der Waals surface area contributed by atoms with Crippen LogP contribution in [0.25, 0.3) is 0 Å². The van der Waals surface area contributed by atoms with Crippen molar-refractivity contribution in [2.75, 3.05) is 0 Å². The predicted octanol–water partition coefficient (Wildman–Crippen LogP) is 4.64. The molecule has 0 aromatic carbocycles. The van der Waals surface area contributed by atoms with Crippen molar-refractivity contribution in [3.63, 3.8) is 0 Å². The standard InChI is InChI=1S/C17H32O/c1-4-13-5-7-14(8-6-13)16-11-15(12(2)3)9-10-17(16)18/h12-18H,4-11H2,1-3H3. The van der Waals surface area contributed by atoms with Crippen LogP contribution in [0.15, 0.2) is 0 Å². The van der Waals surface area contributed by atoms with Crippen molar-refractivity contribution in [3.8, 4) is 0 Å². The summed E-state index contributed by atoms with van der Waals surface area (Å²) < 4.78 is 0. The molecule has 3 unspecified atom stereocenters. The van der Waals surface area contributed by atoms with Crippen LogP contribution in [0.1, 0.15) is 72.1 Å². The predicted molar refractivity (Wildman–Crippen MR) is 77.4 cm³/mol. The van der Waals surface area contributed by atoms with Gasteiger partial charge in [0.1, 0.15) is 0 Å². The van der Waals surface area contributed by atoms with Gasteiger partial charge in [-0.3, -0.25) is 0 Å². The van der Waals surface area contributed by atoms with Gasteiger partial charge in [-0.2, -0.15) is 0 Å². The third-order valence-electron chi connectivity index (χ3n) is 5.92. The molecule has 0 aromatic rings. The second kappa shape index (κ2) is 6.41. The van der Waals surface area contributed by atoms with Crippen molar-refractivity contribution >= 4 is 0 Å². The largest absolute Gasteiger partial charge is 0.393 e. The summed E-state index contributed by atoms with van der Waals surface area (Å²) in [7, 11) is 0. The topological polar surface area (TPSA) is 20.2 Å². The third-order valence-corrected chi connectivity index (χ3v) is 5.92. The molecule has 0 radical (unpaired) electrons. The van der Waals surface area contributed by atoms with Crippen molar-refractivity contribution < 1.29 is 5.11 Å². The summed E-state index contributed by atoms with van der Waals surface area (Å²) in [5.74, 6) is 4.07. The third kappa shape index (κ3) is 3.29. The molecule has 1 nitrogen and oxygen atoms in total. The Bertz CT molecular complexity index is 240. The summed E-state index contributed by atoms with van der Waals surface area (Å²) >= 11 is 0. The number of hydrogen-bond acceptors (Lipinski definition) is 1. The fourth-order valence-corrected chi connectivity index (χ4v) is 4.36. The Labute approximate surface area is 113 Å². The summed E-state index contributed by atoms with van der Waals surface area (Å²) in [6.45, 7) is 7.04. The molecule has 0 bridgehead atoms. The van der Waals surface area contributed by atoms with Gasteiger partial charge < -0.3 is 5.11 Å². The Balaban J connectivity index is 1.90. The Morgan fingerprint density at radius 3 is 2.22 bits per heavy atom. The highest BCUT2D eigenvalue weighted by Crippen LogP contribution is 2.43. The first-order chi connectivity index (χ1) is 8.61. The Kier molecular flexibility index (Phi) is 5.12. The highest BCUT2D eigenvalue weighted by Gasteiger charge is 2.36. The van der Waals surface area contributed by atoms with Gasteiger partial charge in [-0.05, 0) is 61.7 Å². The smallest absolute Gasteiger partial charge is 0.0571 e. The van der Waals surface area contributed by atoms with E-state index in [1.165, 1.54) is 44.9 Å². The summed E-state index contributed by atoms with van der Waals surface area (Å²) in [4.78, 5) is 0. The van der Waals surface area contributed by atoms with Crippen LogP contribution in [0.5, 0.6) is 0 Å². The van der Waals surface area contributed by atoms with Crippen LogP contribution < -0.4 is 0 Å². The molecule has 0 amide bonds. The molecule has 2 fully saturated rings. The molecule has 2 aliphatic carbocycles. The Hall–Kier alpha value is -0.0400. The van der Waals surface area contributed by atoms with Crippen molar-refractivity contribution in [2.24, 2.45) is 29.6 Å². The number of hydrogen-bond donors (Lipinski definition) is 1. The lowest BCUT2D eigenvalue weighted by Gasteiger charge is -2.42. The molecular formula is C17H32O. The summed E-state index contributed by atoms with van der Waals surface area (Å²) in [5, 5.41) is 10.3. The molecule has 0 saturated heterocycles. The minimum atomic E-state index is 0.00294. The van der Waals surface area contributed by atoms with E-state index in [0.717, 1.165) is 30.1 Å². The van der Waals surface area contributed by atoms with Gasteiger partial charge in [0.05, 0.1) is 6.10 Å². The second-order valence-electron chi connectivity index (χ2n) is 7.24. The van der Waals surface area contributed by atoms with E-state index < -0.39 is 0 Å². The van der Waals surface area contributed by atoms with Gasteiger partial charge in [0.2, 0.25) is 0 Å². The quantitative estimate of drug-likeness (QED) is 0.776. The molecule has 0 aromatic heterocycles. The van der Waals surface area contributed by atoms with Crippen LogP contribution in [0.3, 0.4) is 0 Å².